The van der Waals surface area contributed by atoms with E-state index in [9.17, 15) is 14.6 Å². The molecule has 0 fully saturated rings. The topological polar surface area (TPSA) is 169 Å². The Labute approximate surface area is 309 Å². The van der Waals surface area contributed by atoms with Gasteiger partial charge in [-0.3, -0.25) is 0 Å². The minimum Gasteiger partial charge on any atom is -0.489 e. The zero-order valence-electron chi connectivity index (χ0n) is 30.9. The number of rotatable bonds is 10. The number of fused-ring (bicyclic) bond motifs is 4. The van der Waals surface area contributed by atoms with Crippen LogP contribution >= 0.6 is 0 Å². The summed E-state index contributed by atoms with van der Waals surface area (Å²) >= 11 is 0. The van der Waals surface area contributed by atoms with E-state index in [1.807, 2.05) is 46.8 Å². The van der Waals surface area contributed by atoms with Gasteiger partial charge in [0.15, 0.2) is 11.6 Å². The van der Waals surface area contributed by atoms with Gasteiger partial charge in [0.1, 0.15) is 54.2 Å². The maximum atomic E-state index is 14.8. The molecule has 0 radical (unpaired) electrons. The average molecular weight is 737 g/mol. The van der Waals surface area contributed by atoms with Crippen molar-refractivity contribution in [1.29, 1.82) is 0 Å². The third-order valence-electron chi connectivity index (χ3n) is 8.86. The zero-order chi connectivity index (χ0) is 38.3. The lowest BCUT2D eigenvalue weighted by molar-refractivity contribution is 0.122. The van der Waals surface area contributed by atoms with Crippen LogP contribution in [0.15, 0.2) is 61.4 Å². The van der Waals surface area contributed by atoms with Crippen LogP contribution in [0.25, 0.3) is 32.8 Å². The second-order valence-electron chi connectivity index (χ2n) is 13.4. The molecule has 0 unspecified atom stereocenters. The van der Waals surface area contributed by atoms with Gasteiger partial charge in [-0.05, 0) is 84.9 Å². The lowest BCUT2D eigenvalue weighted by Gasteiger charge is -2.10. The summed E-state index contributed by atoms with van der Waals surface area (Å²) in [5.74, 6) is 2.25. The molecule has 2 atom stereocenters. The normalized spacial score (nSPS) is 12.6. The molecule has 280 valence electrons. The van der Waals surface area contributed by atoms with E-state index in [1.54, 1.807) is 53.5 Å². The van der Waals surface area contributed by atoms with Crippen LogP contribution in [0, 0.1) is 40.4 Å². The molecule has 14 nitrogen and oxygen atoms in total. The first-order chi connectivity index (χ1) is 25.9. The van der Waals surface area contributed by atoms with E-state index in [0.29, 0.717) is 33.8 Å². The quantitative estimate of drug-likeness (QED) is 0.113. The number of aliphatic hydroxyl groups is 2. The summed E-state index contributed by atoms with van der Waals surface area (Å²) in [6.45, 7) is 13.4. The van der Waals surface area contributed by atoms with Crippen LogP contribution in [0.1, 0.15) is 41.9 Å². The highest BCUT2D eigenvalue weighted by Gasteiger charge is 2.20. The van der Waals surface area contributed by atoms with Gasteiger partial charge in [0.25, 0.3) is 0 Å². The molecule has 54 heavy (non-hydrogen) atoms. The smallest absolute Gasteiger partial charge is 0.247 e. The van der Waals surface area contributed by atoms with Gasteiger partial charge in [0.05, 0.1) is 24.6 Å². The maximum absolute atomic E-state index is 14.8. The van der Waals surface area contributed by atoms with E-state index in [2.05, 4.69) is 36.2 Å². The predicted octanol–water partition coefficient (Wildman–Crippen LogP) is 7.21. The van der Waals surface area contributed by atoms with Crippen molar-refractivity contribution < 1.29 is 33.6 Å². The molecule has 8 rings (SSSR count). The first-order valence-electron chi connectivity index (χ1n) is 17.4. The third-order valence-corrected chi connectivity index (χ3v) is 8.86. The second-order valence-corrected chi connectivity index (χ2v) is 13.4. The average Bonchev–Trinajstić information content (AvgIpc) is 3.89. The Hall–Kier alpha value is -6.19. The molecule has 6 heterocycles. The number of aromatic nitrogens is 8. The Morgan fingerprint density at radius 2 is 1.11 bits per heavy atom. The van der Waals surface area contributed by atoms with Gasteiger partial charge < -0.3 is 39.1 Å². The van der Waals surface area contributed by atoms with Gasteiger partial charge in [-0.1, -0.05) is 0 Å². The molecule has 4 N–H and O–H groups in total. The lowest BCUT2D eigenvalue weighted by atomic mass is 10.1. The predicted molar refractivity (Wildman–Crippen MR) is 201 cm³/mol. The highest BCUT2D eigenvalue weighted by atomic mass is 19.1. The molecule has 0 saturated heterocycles. The summed E-state index contributed by atoms with van der Waals surface area (Å²) in [6.07, 6.45) is 5.09. The lowest BCUT2D eigenvalue weighted by Crippen LogP contribution is -2.12. The van der Waals surface area contributed by atoms with Crippen LogP contribution in [0.3, 0.4) is 0 Å². The van der Waals surface area contributed by atoms with Crippen LogP contribution in [0.5, 0.6) is 34.8 Å². The van der Waals surface area contributed by atoms with Gasteiger partial charge >= 0.3 is 0 Å². The molecule has 8 aromatic rings. The third kappa shape index (κ3) is 7.10. The monoisotopic (exact) mass is 736 g/mol. The Morgan fingerprint density at radius 3 is 1.63 bits per heavy atom. The Morgan fingerprint density at radius 1 is 0.648 bits per heavy atom. The first-order valence-corrected chi connectivity index (χ1v) is 17.4. The summed E-state index contributed by atoms with van der Waals surface area (Å²) in [5.41, 5.74) is 7.72. The summed E-state index contributed by atoms with van der Waals surface area (Å²) in [4.78, 5) is 14.9. The minimum atomic E-state index is -0.597. The van der Waals surface area contributed by atoms with E-state index in [4.69, 9.17) is 18.9 Å². The van der Waals surface area contributed by atoms with Crippen molar-refractivity contribution in [3.05, 3.63) is 95.3 Å². The van der Waals surface area contributed by atoms with E-state index in [0.717, 1.165) is 50.2 Å². The van der Waals surface area contributed by atoms with Crippen molar-refractivity contribution in [2.24, 2.45) is 0 Å². The number of aromatic amines is 2. The van der Waals surface area contributed by atoms with Crippen LogP contribution in [0.2, 0.25) is 0 Å². The second kappa shape index (κ2) is 14.7. The molecule has 0 saturated carbocycles. The summed E-state index contributed by atoms with van der Waals surface area (Å²) in [7, 11) is 0. The van der Waals surface area contributed by atoms with Gasteiger partial charge in [-0.25, -0.2) is 13.4 Å². The molecule has 0 amide bonds. The minimum absolute atomic E-state index is 0.0779. The molecule has 0 bridgehead atoms. The van der Waals surface area contributed by atoms with Gasteiger partial charge in [0, 0.05) is 49.9 Å². The van der Waals surface area contributed by atoms with Gasteiger partial charge in [-0.15, -0.1) is 0 Å². The first kappa shape index (κ1) is 36.2. The number of nitrogens with zero attached hydrogens (tertiary/aromatic N) is 6. The van der Waals surface area contributed by atoms with Crippen molar-refractivity contribution in [3.8, 4) is 34.8 Å². The number of aryl methyl sites for hydroxylation is 5. The Kier molecular flexibility index (Phi) is 9.83. The van der Waals surface area contributed by atoms with Crippen LogP contribution < -0.4 is 18.9 Å². The fraction of sp³-hybridized carbons (Fsp3) is 0.282. The standard InChI is InChI=1S/C20H22N4O3.C19H19FN4O3/c1-11-7-15-13(3)17(6-5-16(15)23-11)27-20-19-14(4)18(26-9-12(2)25)8-24(19)22-10-21-20;1-10-6-13-14(23-10)4-5-15(17(13)20)27-19-18-12(3)16(26-8-11(2)25)7-24(18)22-9-21-19/h5-8,10,12,23,25H,9H2,1-4H3;4-7,9,11,23,25H,8H2,1-3H3/t12-;11-/m11/s1. The molecule has 0 aliphatic carbocycles. The summed E-state index contributed by atoms with van der Waals surface area (Å²) in [6, 6.07) is 11.1. The van der Waals surface area contributed by atoms with Crippen molar-refractivity contribution >= 4 is 32.8 Å². The maximum Gasteiger partial charge on any atom is 0.247 e. The zero-order valence-corrected chi connectivity index (χ0v) is 30.9. The van der Waals surface area contributed by atoms with Crippen LogP contribution in [0.4, 0.5) is 4.39 Å². The van der Waals surface area contributed by atoms with Gasteiger partial charge in [0.2, 0.25) is 11.8 Å². The number of ether oxygens (including phenoxy) is 4. The van der Waals surface area contributed by atoms with E-state index >= 15 is 0 Å². The molecule has 0 aliphatic rings. The number of halogens is 1. The number of aliphatic hydroxyl groups excluding tert-OH is 2. The molecule has 2 aromatic carbocycles. The highest BCUT2D eigenvalue weighted by molar-refractivity contribution is 5.86. The molecular formula is C39H41FN8O6. The van der Waals surface area contributed by atoms with Crippen molar-refractivity contribution in [1.82, 2.24) is 39.2 Å². The fourth-order valence-electron chi connectivity index (χ4n) is 6.23. The van der Waals surface area contributed by atoms with Crippen LogP contribution in [-0.2, 0) is 0 Å². The van der Waals surface area contributed by atoms with E-state index in [1.165, 1.54) is 12.7 Å². The SMILES string of the molecule is Cc1cc2c(C)c(Oc3ncnn4cc(OC[C@@H](C)O)c(C)c34)ccc2[nH]1.Cc1cc2c(F)c(Oc3ncnn4cc(OC[C@@H](C)O)c(C)c34)ccc2[nH]1. The van der Waals surface area contributed by atoms with E-state index < -0.39 is 18.0 Å². The molecule has 0 aliphatic heterocycles. The number of benzene rings is 2. The Balaban J connectivity index is 0.000000167. The number of H-pyrrole nitrogens is 2. The molecule has 15 heteroatoms. The molecule has 0 spiro atoms. The van der Waals surface area contributed by atoms with Crippen molar-refractivity contribution in [2.75, 3.05) is 13.2 Å². The molecule has 6 aromatic heterocycles. The number of hydrogen-bond acceptors (Lipinski definition) is 10. The summed E-state index contributed by atoms with van der Waals surface area (Å²) < 4.78 is 41.3. The largest absolute Gasteiger partial charge is 0.489 e. The van der Waals surface area contributed by atoms with Crippen LogP contribution in [-0.4, -0.2) is 74.8 Å². The summed E-state index contributed by atoms with van der Waals surface area (Å²) in [5, 5.41) is 28.9. The Bertz CT molecular complexity index is 2440. The number of hydrogen-bond donors (Lipinski definition) is 4. The van der Waals surface area contributed by atoms with Gasteiger partial charge in [-0.2, -0.15) is 20.2 Å². The van der Waals surface area contributed by atoms with Crippen molar-refractivity contribution in [2.45, 2.75) is 60.7 Å². The highest BCUT2D eigenvalue weighted by Crippen LogP contribution is 2.36. The number of nitrogens with one attached hydrogen (secondary N) is 2. The fourth-order valence-corrected chi connectivity index (χ4v) is 6.23. The molecular weight excluding hydrogens is 695 g/mol. The van der Waals surface area contributed by atoms with Crippen molar-refractivity contribution in [3.63, 3.8) is 0 Å². The van der Waals surface area contributed by atoms with E-state index in [-0.39, 0.29) is 24.8 Å².